The predicted octanol–water partition coefficient (Wildman–Crippen LogP) is 3.75. The van der Waals surface area contributed by atoms with Gasteiger partial charge in [-0.25, -0.2) is 0 Å². The Morgan fingerprint density at radius 3 is 2.26 bits per heavy atom. The molecule has 7 heteroatoms. The minimum absolute atomic E-state index is 0.127. The number of benzene rings is 2. The van der Waals surface area contributed by atoms with E-state index in [2.05, 4.69) is 10.6 Å². The van der Waals surface area contributed by atoms with Crippen molar-refractivity contribution in [2.45, 2.75) is 19.9 Å². The zero-order valence-corrected chi connectivity index (χ0v) is 16.5. The van der Waals surface area contributed by atoms with E-state index in [9.17, 15) is 9.59 Å². The maximum atomic E-state index is 12.7. The highest BCUT2D eigenvalue weighted by Crippen LogP contribution is 2.27. The van der Waals surface area contributed by atoms with Crippen molar-refractivity contribution in [1.29, 1.82) is 0 Å². The van der Waals surface area contributed by atoms with E-state index >= 15 is 0 Å². The molecule has 144 valence electrons. The molecule has 2 rings (SSSR count). The minimum Gasteiger partial charge on any atom is -0.496 e. The number of ether oxygens (including phenoxy) is 2. The van der Waals surface area contributed by atoms with Crippen LogP contribution in [0.1, 0.15) is 24.2 Å². The summed E-state index contributed by atoms with van der Waals surface area (Å²) < 4.78 is 10.3. The summed E-state index contributed by atoms with van der Waals surface area (Å²) in [7, 11) is 3.01. The normalized spacial score (nSPS) is 11.6. The van der Waals surface area contributed by atoms with Crippen LogP contribution in [-0.4, -0.2) is 32.1 Å². The van der Waals surface area contributed by atoms with E-state index in [-0.39, 0.29) is 17.7 Å². The third-order valence-corrected chi connectivity index (χ3v) is 4.30. The lowest BCUT2D eigenvalue weighted by molar-refractivity contribution is -0.118. The Morgan fingerprint density at radius 1 is 1.00 bits per heavy atom. The van der Waals surface area contributed by atoms with Crippen molar-refractivity contribution in [1.82, 2.24) is 5.32 Å². The van der Waals surface area contributed by atoms with Crippen molar-refractivity contribution in [2.75, 3.05) is 19.5 Å². The second kappa shape index (κ2) is 9.28. The summed E-state index contributed by atoms with van der Waals surface area (Å²) in [4.78, 5) is 25.3. The van der Waals surface area contributed by atoms with Gasteiger partial charge in [0.05, 0.1) is 24.8 Å². The third kappa shape index (κ3) is 5.14. The van der Waals surface area contributed by atoms with Gasteiger partial charge in [-0.05, 0) is 36.2 Å². The lowest BCUT2D eigenvalue weighted by Gasteiger charge is -2.22. The van der Waals surface area contributed by atoms with Crippen molar-refractivity contribution in [2.24, 2.45) is 5.92 Å². The fourth-order valence-electron chi connectivity index (χ4n) is 2.55. The summed E-state index contributed by atoms with van der Waals surface area (Å²) in [6.45, 7) is 3.71. The number of rotatable bonds is 7. The summed E-state index contributed by atoms with van der Waals surface area (Å²) in [6, 6.07) is 11.1. The van der Waals surface area contributed by atoms with Gasteiger partial charge >= 0.3 is 0 Å². The van der Waals surface area contributed by atoms with Gasteiger partial charge < -0.3 is 20.1 Å². The summed E-state index contributed by atoms with van der Waals surface area (Å²) in [5.74, 6) is 0.111. The molecule has 27 heavy (non-hydrogen) atoms. The molecule has 0 saturated heterocycles. The second-order valence-electron chi connectivity index (χ2n) is 6.23. The molecule has 0 unspecified atom stereocenters. The maximum Gasteiger partial charge on any atom is 0.255 e. The van der Waals surface area contributed by atoms with Crippen LogP contribution in [0.15, 0.2) is 42.5 Å². The Bertz CT molecular complexity index is 823. The molecule has 0 radical (unpaired) electrons. The first-order valence-electron chi connectivity index (χ1n) is 8.45. The number of carbonyl (C=O) groups is 2. The smallest absolute Gasteiger partial charge is 0.255 e. The monoisotopic (exact) mass is 390 g/mol. The van der Waals surface area contributed by atoms with Crippen LogP contribution in [0, 0.1) is 5.92 Å². The van der Waals surface area contributed by atoms with E-state index in [1.54, 1.807) is 42.5 Å². The van der Waals surface area contributed by atoms with Crippen LogP contribution in [0.3, 0.4) is 0 Å². The summed E-state index contributed by atoms with van der Waals surface area (Å²) in [6.07, 6.45) is 0. The molecule has 0 spiro atoms. The molecule has 2 aromatic rings. The minimum atomic E-state index is -0.733. The number of hydrogen-bond acceptors (Lipinski definition) is 4. The molecule has 0 aliphatic carbocycles. The SMILES string of the molecule is COc1ccc(NC(=O)[C@@H](NC(=O)c2ccccc2OC)C(C)C)cc1Cl. The first kappa shape index (κ1) is 20.6. The molecule has 6 nitrogen and oxygen atoms in total. The average molecular weight is 391 g/mol. The van der Waals surface area contributed by atoms with Crippen molar-refractivity contribution < 1.29 is 19.1 Å². The van der Waals surface area contributed by atoms with E-state index in [0.717, 1.165) is 0 Å². The molecule has 0 heterocycles. The summed E-state index contributed by atoms with van der Waals surface area (Å²) in [5.41, 5.74) is 0.883. The first-order valence-corrected chi connectivity index (χ1v) is 8.83. The largest absolute Gasteiger partial charge is 0.496 e. The van der Waals surface area contributed by atoms with Gasteiger partial charge in [0.1, 0.15) is 17.5 Å². The van der Waals surface area contributed by atoms with Gasteiger partial charge in [-0.15, -0.1) is 0 Å². The third-order valence-electron chi connectivity index (χ3n) is 4.01. The van der Waals surface area contributed by atoms with Crippen molar-refractivity contribution >= 4 is 29.1 Å². The predicted molar refractivity (Wildman–Crippen MR) is 106 cm³/mol. The molecule has 2 amide bonds. The van der Waals surface area contributed by atoms with Crippen LogP contribution >= 0.6 is 11.6 Å². The van der Waals surface area contributed by atoms with Crippen molar-refractivity contribution in [3.8, 4) is 11.5 Å². The van der Waals surface area contributed by atoms with Gasteiger partial charge in [0.2, 0.25) is 5.91 Å². The van der Waals surface area contributed by atoms with Gasteiger partial charge in [-0.3, -0.25) is 9.59 Å². The van der Waals surface area contributed by atoms with Gasteiger partial charge in [0.25, 0.3) is 5.91 Å². The summed E-state index contributed by atoms with van der Waals surface area (Å²) in [5, 5.41) is 5.94. The van der Waals surface area contributed by atoms with Gasteiger partial charge in [0, 0.05) is 5.69 Å². The Morgan fingerprint density at radius 2 is 1.67 bits per heavy atom. The molecule has 0 aromatic heterocycles. The number of para-hydroxylation sites is 1. The molecular formula is C20H23ClN2O4. The molecule has 2 N–H and O–H groups in total. The van der Waals surface area contributed by atoms with Gasteiger partial charge in [0.15, 0.2) is 0 Å². The van der Waals surface area contributed by atoms with E-state index in [1.807, 2.05) is 13.8 Å². The number of hydrogen-bond donors (Lipinski definition) is 2. The van der Waals surface area contributed by atoms with Crippen LogP contribution in [0.25, 0.3) is 0 Å². The molecule has 0 bridgehead atoms. The number of methoxy groups -OCH3 is 2. The second-order valence-corrected chi connectivity index (χ2v) is 6.64. The van der Waals surface area contributed by atoms with Crippen LogP contribution < -0.4 is 20.1 Å². The van der Waals surface area contributed by atoms with Gasteiger partial charge in [-0.2, -0.15) is 0 Å². The zero-order chi connectivity index (χ0) is 20.0. The number of carbonyl (C=O) groups excluding carboxylic acids is 2. The standard InChI is InChI=1S/C20H23ClN2O4/c1-12(2)18(23-19(24)14-7-5-6-8-16(14)26-3)20(25)22-13-9-10-17(27-4)15(21)11-13/h5-12,18H,1-4H3,(H,22,25)(H,23,24)/t18-/m0/s1. The Balaban J connectivity index is 2.15. The average Bonchev–Trinajstić information content (AvgIpc) is 2.65. The lowest BCUT2D eigenvalue weighted by atomic mass is 10.0. The number of amides is 2. The number of nitrogens with one attached hydrogen (secondary N) is 2. The van der Waals surface area contributed by atoms with Crippen LogP contribution in [0.4, 0.5) is 5.69 Å². The van der Waals surface area contributed by atoms with E-state index < -0.39 is 6.04 Å². The number of halogens is 1. The molecule has 0 saturated carbocycles. The topological polar surface area (TPSA) is 76.7 Å². The number of anilines is 1. The fraction of sp³-hybridized carbons (Fsp3) is 0.300. The first-order chi connectivity index (χ1) is 12.9. The maximum absolute atomic E-state index is 12.7. The molecule has 0 fully saturated rings. The van der Waals surface area contributed by atoms with Gasteiger partial charge in [-0.1, -0.05) is 37.6 Å². The lowest BCUT2D eigenvalue weighted by Crippen LogP contribution is -2.47. The van der Waals surface area contributed by atoms with Crippen molar-refractivity contribution in [3.05, 3.63) is 53.1 Å². The highest BCUT2D eigenvalue weighted by Gasteiger charge is 2.26. The Hall–Kier alpha value is -2.73. The molecule has 2 aromatic carbocycles. The highest BCUT2D eigenvalue weighted by atomic mass is 35.5. The van der Waals surface area contributed by atoms with Crippen molar-refractivity contribution in [3.63, 3.8) is 0 Å². The Labute approximate surface area is 163 Å². The zero-order valence-electron chi connectivity index (χ0n) is 15.7. The van der Waals surface area contributed by atoms with E-state index in [0.29, 0.717) is 27.8 Å². The molecule has 0 aliphatic rings. The fourth-order valence-corrected chi connectivity index (χ4v) is 2.81. The molecular weight excluding hydrogens is 368 g/mol. The Kier molecular flexibility index (Phi) is 7.07. The summed E-state index contributed by atoms with van der Waals surface area (Å²) >= 11 is 6.09. The van der Waals surface area contributed by atoms with Crippen LogP contribution in [0.5, 0.6) is 11.5 Å². The molecule has 0 aliphatic heterocycles. The van der Waals surface area contributed by atoms with Crippen LogP contribution in [0.2, 0.25) is 5.02 Å². The quantitative estimate of drug-likeness (QED) is 0.754. The molecule has 1 atom stereocenters. The highest BCUT2D eigenvalue weighted by molar-refractivity contribution is 6.32. The van der Waals surface area contributed by atoms with E-state index in [4.69, 9.17) is 21.1 Å². The van der Waals surface area contributed by atoms with E-state index in [1.165, 1.54) is 14.2 Å². The van der Waals surface area contributed by atoms with Crippen LogP contribution in [-0.2, 0) is 4.79 Å².